The van der Waals surface area contributed by atoms with Crippen molar-refractivity contribution in [2.24, 2.45) is 0 Å². The van der Waals surface area contributed by atoms with Crippen molar-refractivity contribution in [3.8, 4) is 0 Å². The third-order valence-electron chi connectivity index (χ3n) is 3.62. The monoisotopic (exact) mass is 363 g/mol. The fourth-order valence-corrected chi connectivity index (χ4v) is 2.93. The molecule has 0 bridgehead atoms. The highest BCUT2D eigenvalue weighted by atomic mass is 31.2. The van der Waals surface area contributed by atoms with Crippen LogP contribution < -0.4 is 16.1 Å². The molecule has 132 valence electrons. The summed E-state index contributed by atoms with van der Waals surface area (Å²) in [4.78, 5) is 23.1. The predicted octanol–water partition coefficient (Wildman–Crippen LogP) is -0.947. The van der Waals surface area contributed by atoms with Crippen molar-refractivity contribution >= 4 is 37.2 Å². The number of nitrogens with one attached hydrogen (secondary N) is 1. The maximum atomic E-state index is 12.1. The number of hydrogen-bond acceptors (Lipinski definition) is 6. The van der Waals surface area contributed by atoms with Gasteiger partial charge in [-0.2, -0.15) is 5.10 Å². The van der Waals surface area contributed by atoms with E-state index in [0.717, 1.165) is 0 Å². The van der Waals surface area contributed by atoms with E-state index in [1.165, 1.54) is 18.2 Å². The van der Waals surface area contributed by atoms with Crippen LogP contribution in [0, 0.1) is 0 Å². The second kappa shape index (κ2) is 7.78. The van der Waals surface area contributed by atoms with Crippen molar-refractivity contribution in [1.29, 1.82) is 0 Å². The van der Waals surface area contributed by atoms with E-state index in [9.17, 15) is 14.2 Å². The first-order valence-electron chi connectivity index (χ1n) is 7.54. The van der Waals surface area contributed by atoms with E-state index in [1.807, 2.05) is 0 Å². The molecule has 0 radical (unpaired) electrons. The van der Waals surface area contributed by atoms with Crippen LogP contribution in [0.15, 0.2) is 30.6 Å². The van der Waals surface area contributed by atoms with Crippen molar-refractivity contribution in [2.75, 3.05) is 19.9 Å². The topological polar surface area (TPSA) is 122 Å². The molecule has 2 rings (SSSR count). The second-order valence-corrected chi connectivity index (χ2v) is 9.12. The molecule has 0 unspecified atom stereocenters. The number of carbonyl (C=O) groups is 2. The van der Waals surface area contributed by atoms with Crippen LogP contribution in [0.5, 0.6) is 0 Å². The number of aromatic nitrogens is 2. The Balaban J connectivity index is 1.97. The van der Waals surface area contributed by atoms with Gasteiger partial charge in [-0.3, -0.25) is 14.3 Å². The zero-order valence-electron chi connectivity index (χ0n) is 13.9. The van der Waals surface area contributed by atoms with Crippen molar-refractivity contribution in [3.05, 3.63) is 41.7 Å². The van der Waals surface area contributed by atoms with Gasteiger partial charge in [-0.1, -0.05) is 6.07 Å². The average Bonchev–Trinajstić information content (AvgIpc) is 3.03. The average molecular weight is 363 g/mol. The summed E-state index contributed by atoms with van der Waals surface area (Å²) in [7, 11) is -4.14. The predicted molar refractivity (Wildman–Crippen MR) is 95.3 cm³/mol. The second-order valence-electron chi connectivity index (χ2n) is 5.90. The first-order valence-corrected chi connectivity index (χ1v) is 10.1. The van der Waals surface area contributed by atoms with Crippen LogP contribution in [0.25, 0.3) is 0 Å². The highest BCUT2D eigenvalue weighted by Crippen LogP contribution is 2.33. The SMILES string of the molecule is CP(C)(=O)c1cnn(CCNC(=O)c2ccc(B(O)O)c(C=O)c2)c1. The summed E-state index contributed by atoms with van der Waals surface area (Å²) in [5.74, 6) is -0.397. The number of rotatable bonds is 7. The van der Waals surface area contributed by atoms with E-state index in [0.29, 0.717) is 24.7 Å². The van der Waals surface area contributed by atoms with Crippen LogP contribution in [0.3, 0.4) is 0 Å². The van der Waals surface area contributed by atoms with E-state index in [4.69, 9.17) is 10.0 Å². The van der Waals surface area contributed by atoms with Gasteiger partial charge >= 0.3 is 7.12 Å². The third kappa shape index (κ3) is 4.88. The van der Waals surface area contributed by atoms with Crippen LogP contribution in [-0.4, -0.2) is 59.0 Å². The van der Waals surface area contributed by atoms with Crippen molar-refractivity contribution in [3.63, 3.8) is 0 Å². The van der Waals surface area contributed by atoms with Gasteiger partial charge in [0.1, 0.15) is 13.4 Å². The van der Waals surface area contributed by atoms with Gasteiger partial charge in [-0.15, -0.1) is 0 Å². The molecule has 1 heterocycles. The van der Waals surface area contributed by atoms with Crippen molar-refractivity contribution in [1.82, 2.24) is 15.1 Å². The Morgan fingerprint density at radius 2 is 2.12 bits per heavy atom. The van der Waals surface area contributed by atoms with Crippen LogP contribution in [0.4, 0.5) is 0 Å². The van der Waals surface area contributed by atoms with E-state index >= 15 is 0 Å². The molecule has 0 saturated carbocycles. The number of amides is 1. The summed E-state index contributed by atoms with van der Waals surface area (Å²) in [5, 5.41) is 25.8. The molecule has 3 N–H and O–H groups in total. The van der Waals surface area contributed by atoms with Gasteiger partial charge in [0.2, 0.25) is 0 Å². The first kappa shape index (κ1) is 19.1. The first-order chi connectivity index (χ1) is 11.7. The van der Waals surface area contributed by atoms with Crippen LogP contribution in [0.1, 0.15) is 20.7 Å². The summed E-state index contributed by atoms with van der Waals surface area (Å²) in [6, 6.07) is 4.03. The van der Waals surface area contributed by atoms with Gasteiger partial charge in [-0.05, 0) is 30.9 Å². The van der Waals surface area contributed by atoms with E-state index in [-0.39, 0.29) is 16.6 Å². The molecular weight excluding hydrogens is 344 g/mol. The molecule has 25 heavy (non-hydrogen) atoms. The molecule has 0 saturated heterocycles. The van der Waals surface area contributed by atoms with Crippen molar-refractivity contribution < 1.29 is 24.2 Å². The largest absolute Gasteiger partial charge is 0.489 e. The Bertz CT molecular complexity index is 830. The maximum Gasteiger partial charge on any atom is 0.489 e. The zero-order valence-corrected chi connectivity index (χ0v) is 14.8. The van der Waals surface area contributed by atoms with Gasteiger partial charge in [0, 0.05) is 29.2 Å². The summed E-state index contributed by atoms with van der Waals surface area (Å²) in [5.41, 5.74) is 0.319. The Kier molecular flexibility index (Phi) is 5.95. The highest BCUT2D eigenvalue weighted by molar-refractivity contribution is 7.70. The lowest BCUT2D eigenvalue weighted by Gasteiger charge is -2.08. The quantitative estimate of drug-likeness (QED) is 0.331. The lowest BCUT2D eigenvalue weighted by molar-refractivity contribution is 0.0952. The normalized spacial score (nSPS) is 11.2. The number of carbonyl (C=O) groups excluding carboxylic acids is 2. The fourth-order valence-electron chi connectivity index (χ4n) is 2.19. The molecule has 0 aliphatic rings. The Morgan fingerprint density at radius 3 is 2.68 bits per heavy atom. The van der Waals surface area contributed by atoms with Gasteiger partial charge in [-0.25, -0.2) is 0 Å². The summed E-state index contributed by atoms with van der Waals surface area (Å²) >= 11 is 0. The van der Waals surface area contributed by atoms with E-state index in [2.05, 4.69) is 10.4 Å². The molecule has 1 aromatic heterocycles. The van der Waals surface area contributed by atoms with Gasteiger partial charge in [0.25, 0.3) is 5.91 Å². The minimum absolute atomic E-state index is 0.0409. The molecule has 0 fully saturated rings. The molecule has 8 nitrogen and oxygen atoms in total. The van der Waals surface area contributed by atoms with E-state index in [1.54, 1.807) is 30.4 Å². The Morgan fingerprint density at radius 1 is 1.40 bits per heavy atom. The Labute approximate surface area is 145 Å². The molecule has 0 aliphatic carbocycles. The molecule has 0 atom stereocenters. The number of benzene rings is 1. The molecule has 0 aliphatic heterocycles. The number of hydrogen-bond donors (Lipinski definition) is 3. The lowest BCUT2D eigenvalue weighted by Crippen LogP contribution is -2.34. The van der Waals surface area contributed by atoms with E-state index < -0.39 is 20.2 Å². The van der Waals surface area contributed by atoms with Gasteiger partial charge < -0.3 is 19.9 Å². The Hall–Kier alpha value is -2.22. The van der Waals surface area contributed by atoms with Crippen molar-refractivity contribution in [2.45, 2.75) is 6.54 Å². The standard InChI is InChI=1S/C15H19BN3O5P/c1-25(2,24)13-8-18-19(9-13)6-5-17-15(21)11-3-4-14(16(22)23)12(7-11)10-20/h3-4,7-10,22-23H,5-6H2,1-2H3,(H,17,21). The lowest BCUT2D eigenvalue weighted by atomic mass is 9.77. The van der Waals surface area contributed by atoms with Crippen LogP contribution >= 0.6 is 7.14 Å². The summed E-state index contributed by atoms with van der Waals surface area (Å²) in [6.45, 7) is 4.01. The van der Waals surface area contributed by atoms with Crippen LogP contribution in [0.2, 0.25) is 0 Å². The molecule has 10 heteroatoms. The molecule has 1 aromatic carbocycles. The molecule has 0 spiro atoms. The molecule has 2 aromatic rings. The number of aldehydes is 1. The smallest absolute Gasteiger partial charge is 0.423 e. The maximum absolute atomic E-state index is 12.1. The van der Waals surface area contributed by atoms with Crippen LogP contribution in [-0.2, 0) is 11.1 Å². The summed E-state index contributed by atoms with van der Waals surface area (Å²) in [6.07, 6.45) is 3.71. The third-order valence-corrected chi connectivity index (χ3v) is 5.10. The van der Waals surface area contributed by atoms with Gasteiger partial charge in [0.15, 0.2) is 0 Å². The van der Waals surface area contributed by atoms with Gasteiger partial charge in [0.05, 0.1) is 12.7 Å². The molecular formula is C15H19BN3O5P. The molecule has 1 amide bonds. The minimum atomic E-state index is -2.36. The number of nitrogens with zero attached hydrogens (tertiary/aromatic N) is 2. The zero-order chi connectivity index (χ0) is 18.6. The highest BCUT2D eigenvalue weighted by Gasteiger charge is 2.18. The summed E-state index contributed by atoms with van der Waals surface area (Å²) < 4.78 is 13.5. The fraction of sp³-hybridized carbons (Fsp3) is 0.267. The minimum Gasteiger partial charge on any atom is -0.423 e.